The summed E-state index contributed by atoms with van der Waals surface area (Å²) in [5.74, 6) is 1.63. The molecule has 0 fully saturated rings. The molecule has 0 saturated carbocycles. The van der Waals surface area contributed by atoms with Crippen molar-refractivity contribution >= 4 is 16.7 Å². The van der Waals surface area contributed by atoms with Crippen molar-refractivity contribution in [3.63, 3.8) is 0 Å². The fourth-order valence-electron chi connectivity index (χ4n) is 2.61. The van der Waals surface area contributed by atoms with Crippen LogP contribution < -0.4 is 10.1 Å². The SMILES string of the molecule is COc1ccc(C(CNc2nc(-c3ccccc3)ns2)N(C)C)cc1. The number of aromatic nitrogens is 2. The average Bonchev–Trinajstić information content (AvgIpc) is 3.12. The molecule has 5 nitrogen and oxygen atoms in total. The van der Waals surface area contributed by atoms with Gasteiger partial charge in [-0.15, -0.1) is 0 Å². The Hall–Kier alpha value is -2.44. The molecule has 0 saturated heterocycles. The number of rotatable bonds is 7. The number of nitrogens with one attached hydrogen (secondary N) is 1. The lowest BCUT2D eigenvalue weighted by Crippen LogP contribution is -2.26. The second-order valence-corrected chi connectivity index (χ2v) is 6.67. The number of benzene rings is 2. The van der Waals surface area contributed by atoms with Gasteiger partial charge in [0.1, 0.15) is 5.75 Å². The van der Waals surface area contributed by atoms with Crippen molar-refractivity contribution in [2.24, 2.45) is 0 Å². The largest absolute Gasteiger partial charge is 0.497 e. The Bertz CT molecular complexity index is 787. The van der Waals surface area contributed by atoms with Gasteiger partial charge in [0, 0.05) is 23.6 Å². The molecule has 25 heavy (non-hydrogen) atoms. The first kappa shape index (κ1) is 17.4. The van der Waals surface area contributed by atoms with Crippen molar-refractivity contribution < 1.29 is 4.74 Å². The van der Waals surface area contributed by atoms with E-state index in [9.17, 15) is 0 Å². The third kappa shape index (κ3) is 4.35. The molecule has 0 bridgehead atoms. The highest BCUT2D eigenvalue weighted by Crippen LogP contribution is 2.24. The van der Waals surface area contributed by atoms with Crippen LogP contribution in [-0.2, 0) is 0 Å². The number of hydrogen-bond acceptors (Lipinski definition) is 6. The molecule has 2 aromatic carbocycles. The van der Waals surface area contributed by atoms with Crippen LogP contribution in [0.3, 0.4) is 0 Å². The minimum atomic E-state index is 0.231. The Labute approximate surface area is 152 Å². The second-order valence-electron chi connectivity index (χ2n) is 5.92. The maximum atomic E-state index is 5.24. The number of anilines is 1. The molecule has 1 N–H and O–H groups in total. The summed E-state index contributed by atoms with van der Waals surface area (Å²) in [6.45, 7) is 0.753. The van der Waals surface area contributed by atoms with Crippen LogP contribution in [0.25, 0.3) is 11.4 Å². The average molecular weight is 354 g/mol. The quantitative estimate of drug-likeness (QED) is 0.697. The summed E-state index contributed by atoms with van der Waals surface area (Å²) in [6, 6.07) is 18.4. The lowest BCUT2D eigenvalue weighted by Gasteiger charge is -2.25. The van der Waals surface area contributed by atoms with E-state index < -0.39 is 0 Å². The Morgan fingerprint density at radius 2 is 1.80 bits per heavy atom. The zero-order valence-corrected chi connectivity index (χ0v) is 15.5. The fraction of sp³-hybridized carbons (Fsp3) is 0.263. The van der Waals surface area contributed by atoms with E-state index in [1.165, 1.54) is 17.1 Å². The van der Waals surface area contributed by atoms with Crippen molar-refractivity contribution in [1.29, 1.82) is 0 Å². The zero-order valence-electron chi connectivity index (χ0n) is 14.6. The first-order chi connectivity index (χ1) is 12.2. The molecule has 0 radical (unpaired) electrons. The Balaban J connectivity index is 1.68. The number of likely N-dealkylation sites (N-methyl/N-ethyl adjacent to an activating group) is 1. The summed E-state index contributed by atoms with van der Waals surface area (Å²) in [5, 5.41) is 4.25. The van der Waals surface area contributed by atoms with Gasteiger partial charge in [0.2, 0.25) is 5.13 Å². The molecule has 1 aromatic heterocycles. The van der Waals surface area contributed by atoms with Gasteiger partial charge in [0.15, 0.2) is 5.82 Å². The molecule has 1 heterocycles. The van der Waals surface area contributed by atoms with E-state index in [1.807, 2.05) is 42.5 Å². The van der Waals surface area contributed by atoms with E-state index in [0.29, 0.717) is 0 Å². The van der Waals surface area contributed by atoms with E-state index in [2.05, 4.69) is 45.8 Å². The first-order valence-electron chi connectivity index (χ1n) is 8.11. The van der Waals surface area contributed by atoms with Crippen LogP contribution in [0, 0.1) is 0 Å². The minimum Gasteiger partial charge on any atom is -0.497 e. The molecule has 0 spiro atoms. The monoisotopic (exact) mass is 354 g/mol. The smallest absolute Gasteiger partial charge is 0.202 e. The molecule has 130 valence electrons. The molecule has 3 aromatic rings. The minimum absolute atomic E-state index is 0.231. The third-order valence-electron chi connectivity index (χ3n) is 4.03. The van der Waals surface area contributed by atoms with Crippen LogP contribution in [0.15, 0.2) is 54.6 Å². The van der Waals surface area contributed by atoms with Gasteiger partial charge in [0.05, 0.1) is 13.2 Å². The molecule has 1 unspecified atom stereocenters. The van der Waals surface area contributed by atoms with E-state index >= 15 is 0 Å². The molecular formula is C19H22N4OS. The van der Waals surface area contributed by atoms with Crippen molar-refractivity contribution in [2.45, 2.75) is 6.04 Å². The van der Waals surface area contributed by atoms with Crippen molar-refractivity contribution in [2.75, 3.05) is 33.1 Å². The molecule has 6 heteroatoms. The first-order valence-corrected chi connectivity index (χ1v) is 8.88. The van der Waals surface area contributed by atoms with Crippen molar-refractivity contribution in [3.8, 4) is 17.1 Å². The molecule has 0 amide bonds. The van der Waals surface area contributed by atoms with Crippen LogP contribution in [0.5, 0.6) is 5.75 Å². The highest BCUT2D eigenvalue weighted by molar-refractivity contribution is 7.09. The zero-order chi connectivity index (χ0) is 17.6. The van der Waals surface area contributed by atoms with E-state index in [1.54, 1.807) is 7.11 Å². The number of hydrogen-bond donors (Lipinski definition) is 1. The number of methoxy groups -OCH3 is 1. The predicted molar refractivity (Wildman–Crippen MR) is 103 cm³/mol. The van der Waals surface area contributed by atoms with E-state index in [-0.39, 0.29) is 6.04 Å². The van der Waals surface area contributed by atoms with Crippen LogP contribution in [-0.4, -0.2) is 42.0 Å². The summed E-state index contributed by atoms with van der Waals surface area (Å²) in [7, 11) is 5.83. The predicted octanol–water partition coefficient (Wildman–Crippen LogP) is 3.93. The third-order valence-corrected chi connectivity index (χ3v) is 4.70. The van der Waals surface area contributed by atoms with Gasteiger partial charge in [-0.3, -0.25) is 0 Å². The van der Waals surface area contributed by atoms with Crippen molar-refractivity contribution in [3.05, 3.63) is 60.2 Å². The molecule has 0 aliphatic carbocycles. The molecule has 0 aliphatic heterocycles. The maximum Gasteiger partial charge on any atom is 0.202 e. The van der Waals surface area contributed by atoms with E-state index in [4.69, 9.17) is 4.74 Å². The summed E-state index contributed by atoms with van der Waals surface area (Å²) in [4.78, 5) is 6.78. The Morgan fingerprint density at radius 1 is 1.08 bits per heavy atom. The molecule has 1 atom stereocenters. The number of nitrogens with zero attached hydrogens (tertiary/aromatic N) is 3. The lowest BCUT2D eigenvalue weighted by atomic mass is 10.1. The van der Waals surface area contributed by atoms with Gasteiger partial charge >= 0.3 is 0 Å². The highest BCUT2D eigenvalue weighted by Gasteiger charge is 2.15. The normalized spacial score (nSPS) is 12.2. The Kier molecular flexibility index (Phi) is 5.63. The van der Waals surface area contributed by atoms with Crippen LogP contribution in [0.2, 0.25) is 0 Å². The number of ether oxygens (including phenoxy) is 1. The summed E-state index contributed by atoms with van der Waals surface area (Å²) in [6.07, 6.45) is 0. The topological polar surface area (TPSA) is 50.3 Å². The van der Waals surface area contributed by atoms with E-state index in [0.717, 1.165) is 28.8 Å². The van der Waals surface area contributed by atoms with Gasteiger partial charge in [-0.25, -0.2) is 0 Å². The molecule has 0 aliphatic rings. The molecule has 3 rings (SSSR count). The Morgan fingerprint density at radius 3 is 2.44 bits per heavy atom. The highest BCUT2D eigenvalue weighted by atomic mass is 32.1. The van der Waals surface area contributed by atoms with Crippen LogP contribution in [0.4, 0.5) is 5.13 Å². The summed E-state index contributed by atoms with van der Waals surface area (Å²) >= 11 is 1.39. The lowest BCUT2D eigenvalue weighted by molar-refractivity contribution is 0.311. The molecular weight excluding hydrogens is 332 g/mol. The maximum absolute atomic E-state index is 5.24. The second kappa shape index (κ2) is 8.09. The summed E-state index contributed by atoms with van der Waals surface area (Å²) in [5.41, 5.74) is 2.26. The standard InChI is InChI=1S/C19H22N4OS/c1-23(2)17(14-9-11-16(24-3)12-10-14)13-20-19-21-18(22-25-19)15-7-5-4-6-8-15/h4-12,17H,13H2,1-3H3,(H,20,21,22). The van der Waals surface area contributed by atoms with Gasteiger partial charge in [-0.1, -0.05) is 42.5 Å². The van der Waals surface area contributed by atoms with Crippen LogP contribution in [0.1, 0.15) is 11.6 Å². The van der Waals surface area contributed by atoms with Crippen LogP contribution >= 0.6 is 11.5 Å². The van der Waals surface area contributed by atoms with Crippen molar-refractivity contribution in [1.82, 2.24) is 14.3 Å². The fourth-order valence-corrected chi connectivity index (χ4v) is 3.20. The van der Waals surface area contributed by atoms with Gasteiger partial charge < -0.3 is 15.0 Å². The summed E-state index contributed by atoms with van der Waals surface area (Å²) < 4.78 is 9.68. The van der Waals surface area contributed by atoms with Gasteiger partial charge in [-0.2, -0.15) is 9.36 Å². The van der Waals surface area contributed by atoms with Gasteiger partial charge in [0.25, 0.3) is 0 Å². The van der Waals surface area contributed by atoms with Gasteiger partial charge in [-0.05, 0) is 31.8 Å².